The number of hydrogen-bond donors (Lipinski definition) is 1. The number of aliphatic hydroxyl groups is 1. The average Bonchev–Trinajstić information content (AvgIpc) is 2.96. The molecule has 1 N–H and O–H groups in total. The van der Waals surface area contributed by atoms with Gasteiger partial charge in [-0.15, -0.1) is 0 Å². The molecule has 1 aromatic heterocycles. The standard InChI is InChI=1S/C21H32N2O2/c1-17(2)12-22(15-21(24)16-25-4)14-20-10-7-11-23(20)13-19-9-6-5-8-18(19)3/h5-11,17,21,24H,12-16H2,1-4H3/t21-/m1/s1. The van der Waals surface area contributed by atoms with E-state index >= 15 is 0 Å². The Balaban J connectivity index is 2.09. The van der Waals surface area contributed by atoms with Gasteiger partial charge in [-0.1, -0.05) is 38.1 Å². The first-order chi connectivity index (χ1) is 12.0. The molecule has 2 rings (SSSR count). The molecule has 0 unspecified atom stereocenters. The summed E-state index contributed by atoms with van der Waals surface area (Å²) in [7, 11) is 1.63. The van der Waals surface area contributed by atoms with Crippen molar-refractivity contribution in [2.24, 2.45) is 5.92 Å². The quantitative estimate of drug-likeness (QED) is 0.718. The van der Waals surface area contributed by atoms with E-state index in [0.29, 0.717) is 19.1 Å². The maximum atomic E-state index is 10.1. The highest BCUT2D eigenvalue weighted by Crippen LogP contribution is 2.14. The normalized spacial score (nSPS) is 12.9. The van der Waals surface area contributed by atoms with Gasteiger partial charge in [0.25, 0.3) is 0 Å². The minimum Gasteiger partial charge on any atom is -0.389 e. The summed E-state index contributed by atoms with van der Waals surface area (Å²) in [5, 5.41) is 10.1. The summed E-state index contributed by atoms with van der Waals surface area (Å²) >= 11 is 0. The number of aliphatic hydroxyl groups excluding tert-OH is 1. The minimum atomic E-state index is -0.455. The number of rotatable bonds is 10. The van der Waals surface area contributed by atoms with Crippen LogP contribution >= 0.6 is 0 Å². The van der Waals surface area contributed by atoms with Crippen LogP contribution in [-0.2, 0) is 17.8 Å². The molecule has 0 spiro atoms. The van der Waals surface area contributed by atoms with Crippen LogP contribution in [0.5, 0.6) is 0 Å². The highest BCUT2D eigenvalue weighted by atomic mass is 16.5. The summed E-state index contributed by atoms with van der Waals surface area (Å²) in [5.41, 5.74) is 3.93. The Morgan fingerprint density at radius 1 is 1.12 bits per heavy atom. The Hall–Kier alpha value is -1.62. The van der Waals surface area contributed by atoms with Crippen molar-refractivity contribution in [1.29, 1.82) is 0 Å². The van der Waals surface area contributed by atoms with Gasteiger partial charge in [0.2, 0.25) is 0 Å². The van der Waals surface area contributed by atoms with Crippen molar-refractivity contribution in [3.05, 3.63) is 59.4 Å². The van der Waals surface area contributed by atoms with Gasteiger partial charge in [-0.2, -0.15) is 0 Å². The van der Waals surface area contributed by atoms with Crippen molar-refractivity contribution in [2.45, 2.75) is 40.0 Å². The van der Waals surface area contributed by atoms with Gasteiger partial charge in [0.1, 0.15) is 0 Å². The zero-order chi connectivity index (χ0) is 18.2. The molecule has 0 bridgehead atoms. The molecule has 4 heteroatoms. The SMILES string of the molecule is COC[C@H](O)CN(Cc1cccn1Cc1ccccc1C)CC(C)C. The van der Waals surface area contributed by atoms with Crippen LogP contribution in [-0.4, -0.2) is 47.5 Å². The van der Waals surface area contributed by atoms with E-state index < -0.39 is 6.10 Å². The molecule has 2 aromatic rings. The second-order valence-electron chi connectivity index (χ2n) is 7.25. The third kappa shape index (κ3) is 6.31. The van der Waals surface area contributed by atoms with E-state index in [9.17, 15) is 5.11 Å². The van der Waals surface area contributed by atoms with Crippen molar-refractivity contribution in [3.8, 4) is 0 Å². The van der Waals surface area contributed by atoms with Crippen molar-refractivity contribution in [3.63, 3.8) is 0 Å². The molecule has 4 nitrogen and oxygen atoms in total. The molecule has 0 aliphatic carbocycles. The first-order valence-electron chi connectivity index (χ1n) is 9.07. The Kier molecular flexibility index (Phi) is 7.69. The van der Waals surface area contributed by atoms with Gasteiger partial charge in [-0.3, -0.25) is 4.90 Å². The predicted octanol–water partition coefficient (Wildman–Crippen LogP) is 3.31. The summed E-state index contributed by atoms with van der Waals surface area (Å²) < 4.78 is 7.38. The molecule has 0 radical (unpaired) electrons. The lowest BCUT2D eigenvalue weighted by atomic mass is 10.1. The Labute approximate surface area is 152 Å². The molecule has 0 saturated carbocycles. The van der Waals surface area contributed by atoms with Gasteiger partial charge in [-0.25, -0.2) is 0 Å². The van der Waals surface area contributed by atoms with Crippen LogP contribution in [0.1, 0.15) is 30.7 Å². The maximum Gasteiger partial charge on any atom is 0.0900 e. The maximum absolute atomic E-state index is 10.1. The summed E-state index contributed by atoms with van der Waals surface area (Å²) in [4.78, 5) is 2.32. The molecule has 0 fully saturated rings. The fourth-order valence-electron chi connectivity index (χ4n) is 3.21. The van der Waals surface area contributed by atoms with E-state index in [1.54, 1.807) is 7.11 Å². The van der Waals surface area contributed by atoms with Crippen molar-refractivity contribution < 1.29 is 9.84 Å². The van der Waals surface area contributed by atoms with Crippen molar-refractivity contribution >= 4 is 0 Å². The van der Waals surface area contributed by atoms with Gasteiger partial charge in [0.05, 0.1) is 12.7 Å². The van der Waals surface area contributed by atoms with E-state index in [1.807, 2.05) is 0 Å². The molecule has 0 amide bonds. The van der Waals surface area contributed by atoms with E-state index in [1.165, 1.54) is 16.8 Å². The number of methoxy groups -OCH3 is 1. The third-order valence-electron chi connectivity index (χ3n) is 4.36. The lowest BCUT2D eigenvalue weighted by Crippen LogP contribution is -2.37. The van der Waals surface area contributed by atoms with E-state index in [0.717, 1.165) is 19.6 Å². The number of nitrogens with zero attached hydrogens (tertiary/aromatic N) is 2. The van der Waals surface area contributed by atoms with Crippen LogP contribution in [0.15, 0.2) is 42.6 Å². The monoisotopic (exact) mass is 344 g/mol. The number of benzene rings is 1. The molecule has 0 saturated heterocycles. The van der Waals surface area contributed by atoms with Crippen LogP contribution in [0.4, 0.5) is 0 Å². The van der Waals surface area contributed by atoms with E-state index in [4.69, 9.17) is 4.74 Å². The van der Waals surface area contributed by atoms with Crippen LogP contribution < -0.4 is 0 Å². The molecular formula is C21H32N2O2. The minimum absolute atomic E-state index is 0.374. The largest absolute Gasteiger partial charge is 0.389 e. The highest BCUT2D eigenvalue weighted by Gasteiger charge is 2.15. The zero-order valence-corrected chi connectivity index (χ0v) is 16.0. The molecule has 0 aliphatic rings. The predicted molar refractivity (Wildman–Crippen MR) is 103 cm³/mol. The summed E-state index contributed by atoms with van der Waals surface area (Å²) in [6.45, 7) is 10.2. The zero-order valence-electron chi connectivity index (χ0n) is 16.0. The third-order valence-corrected chi connectivity index (χ3v) is 4.36. The highest BCUT2D eigenvalue weighted by molar-refractivity contribution is 5.26. The van der Waals surface area contributed by atoms with Crippen molar-refractivity contribution in [1.82, 2.24) is 9.47 Å². The Bertz CT molecular complexity index is 636. The molecule has 0 aliphatic heterocycles. The van der Waals surface area contributed by atoms with Crippen LogP contribution in [0.2, 0.25) is 0 Å². The van der Waals surface area contributed by atoms with Crippen LogP contribution in [0.25, 0.3) is 0 Å². The number of ether oxygens (including phenoxy) is 1. The first-order valence-corrected chi connectivity index (χ1v) is 9.07. The number of hydrogen-bond acceptors (Lipinski definition) is 3. The van der Waals surface area contributed by atoms with Crippen molar-refractivity contribution in [2.75, 3.05) is 26.8 Å². The van der Waals surface area contributed by atoms with Gasteiger partial charge in [0, 0.05) is 45.2 Å². The second kappa shape index (κ2) is 9.76. The molecular weight excluding hydrogens is 312 g/mol. The second-order valence-corrected chi connectivity index (χ2v) is 7.25. The number of aryl methyl sites for hydroxylation is 1. The molecule has 138 valence electrons. The first kappa shape index (κ1) is 19.7. The Morgan fingerprint density at radius 3 is 2.56 bits per heavy atom. The van der Waals surface area contributed by atoms with Gasteiger partial charge >= 0.3 is 0 Å². The van der Waals surface area contributed by atoms with Crippen LogP contribution in [0.3, 0.4) is 0 Å². The summed E-state index contributed by atoms with van der Waals surface area (Å²) in [5.74, 6) is 0.550. The van der Waals surface area contributed by atoms with Gasteiger partial charge in [0.15, 0.2) is 0 Å². The smallest absolute Gasteiger partial charge is 0.0900 e. The summed E-state index contributed by atoms with van der Waals surface area (Å²) in [6.07, 6.45) is 1.68. The molecule has 1 heterocycles. The molecule has 1 aromatic carbocycles. The summed E-state index contributed by atoms with van der Waals surface area (Å²) in [6, 6.07) is 12.8. The van der Waals surface area contributed by atoms with E-state index in [-0.39, 0.29) is 0 Å². The Morgan fingerprint density at radius 2 is 1.88 bits per heavy atom. The average molecular weight is 344 g/mol. The fraction of sp³-hybridized carbons (Fsp3) is 0.524. The van der Waals surface area contributed by atoms with Gasteiger partial charge in [-0.05, 0) is 36.1 Å². The number of aromatic nitrogens is 1. The van der Waals surface area contributed by atoms with E-state index in [2.05, 4.69) is 72.8 Å². The molecule has 1 atom stereocenters. The lowest BCUT2D eigenvalue weighted by molar-refractivity contribution is 0.0326. The van der Waals surface area contributed by atoms with Crippen LogP contribution in [0, 0.1) is 12.8 Å². The molecule has 25 heavy (non-hydrogen) atoms. The topological polar surface area (TPSA) is 37.6 Å². The van der Waals surface area contributed by atoms with Gasteiger partial charge < -0.3 is 14.4 Å². The fourth-order valence-corrected chi connectivity index (χ4v) is 3.21. The lowest BCUT2D eigenvalue weighted by Gasteiger charge is -2.27.